The highest BCUT2D eigenvalue weighted by Gasteiger charge is 2.17. The molecular weight excluding hydrogens is 346 g/mol. The summed E-state index contributed by atoms with van der Waals surface area (Å²) in [5.41, 5.74) is 2.20. The van der Waals surface area contributed by atoms with E-state index in [4.69, 9.17) is 4.74 Å². The standard InChI is InChI=1S/C19H19N5O3/c1-3-27-19(26)16-12-23-24(13(16)2)17-8-7-14(10-21-17)18(25)22-11-15-6-4-5-9-20-15/h4-10,12H,3,11H2,1-2H3,(H,22,25). The molecule has 8 heteroatoms. The Labute approximate surface area is 156 Å². The van der Waals surface area contributed by atoms with Crippen LogP contribution in [0.5, 0.6) is 0 Å². The zero-order valence-electron chi connectivity index (χ0n) is 15.0. The highest BCUT2D eigenvalue weighted by Crippen LogP contribution is 2.14. The molecule has 0 atom stereocenters. The van der Waals surface area contributed by atoms with E-state index in [1.165, 1.54) is 17.1 Å². The van der Waals surface area contributed by atoms with Crippen LogP contribution in [-0.2, 0) is 11.3 Å². The van der Waals surface area contributed by atoms with Crippen molar-refractivity contribution in [3.63, 3.8) is 0 Å². The molecule has 1 N–H and O–H groups in total. The third-order valence-electron chi connectivity index (χ3n) is 3.89. The summed E-state index contributed by atoms with van der Waals surface area (Å²) >= 11 is 0. The maximum absolute atomic E-state index is 12.2. The molecule has 138 valence electrons. The number of nitrogens with one attached hydrogen (secondary N) is 1. The van der Waals surface area contributed by atoms with Gasteiger partial charge in [-0.1, -0.05) is 6.07 Å². The van der Waals surface area contributed by atoms with Gasteiger partial charge < -0.3 is 10.1 Å². The summed E-state index contributed by atoms with van der Waals surface area (Å²) in [6, 6.07) is 8.84. The van der Waals surface area contributed by atoms with Crippen LogP contribution in [0.15, 0.2) is 48.9 Å². The van der Waals surface area contributed by atoms with Gasteiger partial charge in [0.25, 0.3) is 5.91 Å². The summed E-state index contributed by atoms with van der Waals surface area (Å²) in [4.78, 5) is 32.6. The Bertz CT molecular complexity index is 936. The minimum Gasteiger partial charge on any atom is -0.462 e. The average molecular weight is 365 g/mol. The first-order chi connectivity index (χ1) is 13.1. The van der Waals surface area contributed by atoms with Crippen molar-refractivity contribution >= 4 is 11.9 Å². The number of amides is 1. The molecule has 0 saturated carbocycles. The van der Waals surface area contributed by atoms with Gasteiger partial charge in [-0.05, 0) is 38.1 Å². The quantitative estimate of drug-likeness (QED) is 0.672. The number of ether oxygens (including phenoxy) is 1. The maximum atomic E-state index is 12.2. The van der Waals surface area contributed by atoms with Crippen molar-refractivity contribution in [3.8, 4) is 5.82 Å². The Morgan fingerprint density at radius 2 is 2.00 bits per heavy atom. The Hall–Kier alpha value is -3.55. The van der Waals surface area contributed by atoms with Gasteiger partial charge in [0.05, 0.1) is 36.3 Å². The summed E-state index contributed by atoms with van der Waals surface area (Å²) in [6.45, 7) is 4.14. The lowest BCUT2D eigenvalue weighted by atomic mass is 10.2. The molecule has 0 aromatic carbocycles. The molecule has 0 fully saturated rings. The zero-order chi connectivity index (χ0) is 19.2. The van der Waals surface area contributed by atoms with Gasteiger partial charge in [-0.15, -0.1) is 0 Å². The second kappa shape index (κ2) is 8.22. The van der Waals surface area contributed by atoms with E-state index in [1.54, 1.807) is 32.2 Å². The number of hydrogen-bond donors (Lipinski definition) is 1. The van der Waals surface area contributed by atoms with Gasteiger partial charge >= 0.3 is 5.97 Å². The fourth-order valence-corrected chi connectivity index (χ4v) is 2.47. The fourth-order valence-electron chi connectivity index (χ4n) is 2.47. The number of hydrogen-bond acceptors (Lipinski definition) is 6. The number of nitrogens with zero attached hydrogens (tertiary/aromatic N) is 4. The highest BCUT2D eigenvalue weighted by atomic mass is 16.5. The van der Waals surface area contributed by atoms with E-state index in [1.807, 2.05) is 18.2 Å². The molecule has 0 aliphatic heterocycles. The molecule has 0 radical (unpaired) electrons. The van der Waals surface area contributed by atoms with Gasteiger partial charge in [0.15, 0.2) is 5.82 Å². The first kappa shape index (κ1) is 18.2. The molecule has 0 bridgehead atoms. The van der Waals surface area contributed by atoms with Gasteiger partial charge in [-0.3, -0.25) is 9.78 Å². The Morgan fingerprint density at radius 1 is 1.15 bits per heavy atom. The molecule has 0 saturated heterocycles. The minimum atomic E-state index is -0.424. The van der Waals surface area contributed by atoms with Crippen LogP contribution in [-0.4, -0.2) is 38.2 Å². The van der Waals surface area contributed by atoms with Gasteiger partial charge in [-0.25, -0.2) is 14.5 Å². The van der Waals surface area contributed by atoms with Crippen LogP contribution in [0.3, 0.4) is 0 Å². The van der Waals surface area contributed by atoms with Gasteiger partial charge in [0.1, 0.15) is 5.56 Å². The predicted molar refractivity (Wildman–Crippen MR) is 97.5 cm³/mol. The van der Waals surface area contributed by atoms with E-state index < -0.39 is 5.97 Å². The zero-order valence-corrected chi connectivity index (χ0v) is 15.0. The Balaban J connectivity index is 1.70. The van der Waals surface area contributed by atoms with Crippen LogP contribution in [0.25, 0.3) is 5.82 Å². The molecule has 3 heterocycles. The third-order valence-corrected chi connectivity index (χ3v) is 3.89. The number of esters is 1. The summed E-state index contributed by atoms with van der Waals surface area (Å²) < 4.78 is 6.53. The monoisotopic (exact) mass is 365 g/mol. The summed E-state index contributed by atoms with van der Waals surface area (Å²) in [5.74, 6) is -0.166. The number of aromatic nitrogens is 4. The van der Waals surface area contributed by atoms with Gasteiger partial charge in [-0.2, -0.15) is 5.10 Å². The van der Waals surface area contributed by atoms with Crippen molar-refractivity contribution in [2.24, 2.45) is 0 Å². The highest BCUT2D eigenvalue weighted by molar-refractivity contribution is 5.94. The average Bonchev–Trinajstić information content (AvgIpc) is 3.08. The van der Waals surface area contributed by atoms with E-state index in [9.17, 15) is 9.59 Å². The molecule has 3 aromatic rings. The molecule has 27 heavy (non-hydrogen) atoms. The van der Waals surface area contributed by atoms with E-state index in [0.717, 1.165) is 5.69 Å². The second-order valence-corrected chi connectivity index (χ2v) is 5.68. The molecule has 0 unspecified atom stereocenters. The molecular formula is C19H19N5O3. The lowest BCUT2D eigenvalue weighted by molar-refractivity contribution is 0.0525. The first-order valence-electron chi connectivity index (χ1n) is 8.46. The normalized spacial score (nSPS) is 10.4. The molecule has 0 aliphatic rings. The first-order valence-corrected chi connectivity index (χ1v) is 8.46. The summed E-state index contributed by atoms with van der Waals surface area (Å²) in [7, 11) is 0. The maximum Gasteiger partial charge on any atom is 0.341 e. The number of carbonyl (C=O) groups is 2. The second-order valence-electron chi connectivity index (χ2n) is 5.68. The van der Waals surface area contributed by atoms with Crippen LogP contribution in [0.2, 0.25) is 0 Å². The summed E-state index contributed by atoms with van der Waals surface area (Å²) in [5, 5.41) is 6.98. The molecule has 8 nitrogen and oxygen atoms in total. The molecule has 3 aromatic heterocycles. The van der Waals surface area contributed by atoms with E-state index >= 15 is 0 Å². The van der Waals surface area contributed by atoms with E-state index in [2.05, 4.69) is 20.4 Å². The van der Waals surface area contributed by atoms with Crippen molar-refractivity contribution in [1.29, 1.82) is 0 Å². The number of rotatable bonds is 6. The summed E-state index contributed by atoms with van der Waals surface area (Å²) in [6.07, 6.45) is 4.59. The largest absolute Gasteiger partial charge is 0.462 e. The fraction of sp³-hybridized carbons (Fsp3) is 0.211. The smallest absolute Gasteiger partial charge is 0.341 e. The molecule has 3 rings (SSSR count). The van der Waals surface area contributed by atoms with Crippen molar-refractivity contribution in [2.45, 2.75) is 20.4 Å². The Morgan fingerprint density at radius 3 is 2.67 bits per heavy atom. The lowest BCUT2D eigenvalue weighted by Gasteiger charge is -2.07. The van der Waals surface area contributed by atoms with Crippen LogP contribution < -0.4 is 5.32 Å². The van der Waals surface area contributed by atoms with Gasteiger partial charge in [0.2, 0.25) is 0 Å². The van der Waals surface area contributed by atoms with Crippen molar-refractivity contribution in [3.05, 3.63) is 71.4 Å². The van der Waals surface area contributed by atoms with Crippen molar-refractivity contribution < 1.29 is 14.3 Å². The van der Waals surface area contributed by atoms with Crippen LogP contribution in [0, 0.1) is 6.92 Å². The topological polar surface area (TPSA) is 99.0 Å². The van der Waals surface area contributed by atoms with E-state index in [-0.39, 0.29) is 5.91 Å². The predicted octanol–water partition coefficient (Wildman–Crippen LogP) is 2.08. The molecule has 1 amide bonds. The number of pyridine rings is 2. The molecule has 0 spiro atoms. The Kier molecular flexibility index (Phi) is 5.55. The van der Waals surface area contributed by atoms with Gasteiger partial charge in [0, 0.05) is 12.4 Å². The van der Waals surface area contributed by atoms with Crippen molar-refractivity contribution in [2.75, 3.05) is 6.61 Å². The van der Waals surface area contributed by atoms with Crippen LogP contribution >= 0.6 is 0 Å². The van der Waals surface area contributed by atoms with E-state index in [0.29, 0.717) is 35.8 Å². The SMILES string of the molecule is CCOC(=O)c1cnn(-c2ccc(C(=O)NCc3ccccn3)cn2)c1C. The van der Waals surface area contributed by atoms with Crippen LogP contribution in [0.1, 0.15) is 39.0 Å². The third kappa shape index (κ3) is 4.17. The molecule has 0 aliphatic carbocycles. The van der Waals surface area contributed by atoms with Crippen LogP contribution in [0.4, 0.5) is 0 Å². The lowest BCUT2D eigenvalue weighted by Crippen LogP contribution is -2.23. The van der Waals surface area contributed by atoms with Crippen molar-refractivity contribution in [1.82, 2.24) is 25.1 Å². The minimum absolute atomic E-state index is 0.246. The number of carbonyl (C=O) groups excluding carboxylic acids is 2.